The molecule has 2 aromatic rings. The summed E-state index contributed by atoms with van der Waals surface area (Å²) in [4.78, 5) is 35.0. The van der Waals surface area contributed by atoms with E-state index in [-0.39, 0.29) is 11.5 Å². The van der Waals surface area contributed by atoms with E-state index in [1.54, 1.807) is 30.3 Å². The van der Waals surface area contributed by atoms with E-state index >= 15 is 0 Å². The predicted octanol–water partition coefficient (Wildman–Crippen LogP) is 3.43. The zero-order valence-electron chi connectivity index (χ0n) is 12.5. The number of nitrogens with one attached hydrogen (secondary N) is 1. The first kappa shape index (κ1) is 17.0. The van der Waals surface area contributed by atoms with Gasteiger partial charge in [-0.15, -0.1) is 0 Å². The molecule has 0 radical (unpaired) electrons. The van der Waals surface area contributed by atoms with Gasteiger partial charge in [0, 0.05) is 11.3 Å². The summed E-state index contributed by atoms with van der Waals surface area (Å²) in [7, 11) is 0. The molecule has 0 saturated heterocycles. The number of hydrogen-bond acceptors (Lipinski definition) is 5. The zero-order chi connectivity index (χ0) is 17.0. The van der Waals surface area contributed by atoms with Gasteiger partial charge in [0.2, 0.25) is 5.76 Å². The third-order valence-corrected chi connectivity index (χ3v) is 3.41. The smallest absolute Gasteiger partial charge is 0.375 e. The number of furan rings is 1. The summed E-state index contributed by atoms with van der Waals surface area (Å²) in [5, 5.41) is 2.60. The Morgan fingerprint density at radius 3 is 2.30 bits per heavy atom. The molecule has 6 nitrogen and oxygen atoms in total. The molecule has 0 spiro atoms. The van der Waals surface area contributed by atoms with Crippen molar-refractivity contribution in [2.45, 2.75) is 20.0 Å². The van der Waals surface area contributed by atoms with Crippen LogP contribution in [-0.2, 0) is 9.53 Å². The summed E-state index contributed by atoms with van der Waals surface area (Å²) in [6.45, 7) is 2.91. The molecule has 0 aliphatic carbocycles. The third kappa shape index (κ3) is 4.53. The number of carbonyl (C=O) groups excluding carboxylic acids is 3. The molecule has 0 fully saturated rings. The summed E-state index contributed by atoms with van der Waals surface area (Å²) in [6.07, 6.45) is -1.00. The van der Waals surface area contributed by atoms with Crippen LogP contribution >= 0.6 is 15.9 Å². The quantitative estimate of drug-likeness (QED) is 0.635. The Balaban J connectivity index is 1.94. The van der Waals surface area contributed by atoms with Gasteiger partial charge in [-0.25, -0.2) is 4.79 Å². The van der Waals surface area contributed by atoms with Crippen molar-refractivity contribution in [3.8, 4) is 0 Å². The van der Waals surface area contributed by atoms with Crippen LogP contribution in [0.5, 0.6) is 0 Å². The molecule has 1 heterocycles. The Morgan fingerprint density at radius 1 is 1.13 bits per heavy atom. The van der Waals surface area contributed by atoms with Gasteiger partial charge in [-0.3, -0.25) is 9.59 Å². The lowest BCUT2D eigenvalue weighted by atomic mass is 10.1. The normalized spacial score (nSPS) is 11.6. The molecule has 1 atom stereocenters. The highest BCUT2D eigenvalue weighted by Crippen LogP contribution is 2.16. The number of ketones is 1. The largest absolute Gasteiger partial charge is 0.447 e. The molecule has 1 amide bonds. The maximum Gasteiger partial charge on any atom is 0.375 e. The van der Waals surface area contributed by atoms with Crippen LogP contribution in [0.3, 0.4) is 0 Å². The van der Waals surface area contributed by atoms with Crippen LogP contribution in [0, 0.1) is 0 Å². The van der Waals surface area contributed by atoms with Crippen LogP contribution in [0.4, 0.5) is 5.69 Å². The molecule has 0 unspecified atom stereocenters. The SMILES string of the molecule is CC(=O)c1ccc(NC(=O)[C@@H](C)OC(=O)c2ccc(Br)o2)cc1. The average Bonchev–Trinajstić information content (AvgIpc) is 2.94. The Labute approximate surface area is 140 Å². The number of rotatable bonds is 5. The molecular weight excluding hydrogens is 366 g/mol. The maximum absolute atomic E-state index is 12.0. The highest BCUT2D eigenvalue weighted by Gasteiger charge is 2.21. The number of ether oxygens (including phenoxy) is 1. The minimum atomic E-state index is -1.00. The number of benzene rings is 1. The maximum atomic E-state index is 12.0. The summed E-state index contributed by atoms with van der Waals surface area (Å²) >= 11 is 3.08. The molecule has 120 valence electrons. The van der Waals surface area contributed by atoms with Crippen molar-refractivity contribution >= 4 is 39.3 Å². The molecule has 0 saturated carbocycles. The lowest BCUT2D eigenvalue weighted by Crippen LogP contribution is -2.29. The molecule has 2 rings (SSSR count). The Hall–Kier alpha value is -2.41. The first-order chi connectivity index (χ1) is 10.9. The van der Waals surface area contributed by atoms with E-state index in [1.165, 1.54) is 19.9 Å². The van der Waals surface area contributed by atoms with E-state index in [4.69, 9.17) is 9.15 Å². The van der Waals surface area contributed by atoms with Crippen LogP contribution < -0.4 is 5.32 Å². The van der Waals surface area contributed by atoms with Gasteiger partial charge in [-0.05, 0) is 66.2 Å². The van der Waals surface area contributed by atoms with E-state index in [9.17, 15) is 14.4 Å². The number of hydrogen-bond donors (Lipinski definition) is 1. The van der Waals surface area contributed by atoms with Gasteiger partial charge in [0.1, 0.15) is 0 Å². The van der Waals surface area contributed by atoms with Gasteiger partial charge < -0.3 is 14.5 Å². The fraction of sp³-hybridized carbons (Fsp3) is 0.188. The van der Waals surface area contributed by atoms with Gasteiger partial charge >= 0.3 is 5.97 Å². The van der Waals surface area contributed by atoms with Crippen molar-refractivity contribution in [3.63, 3.8) is 0 Å². The fourth-order valence-electron chi connectivity index (χ4n) is 1.73. The van der Waals surface area contributed by atoms with Crippen molar-refractivity contribution < 1.29 is 23.5 Å². The summed E-state index contributed by atoms with van der Waals surface area (Å²) in [5.41, 5.74) is 1.05. The molecule has 0 aliphatic rings. The molecule has 0 aliphatic heterocycles. The Morgan fingerprint density at radius 2 is 1.78 bits per heavy atom. The van der Waals surface area contributed by atoms with Crippen molar-refractivity contribution in [1.82, 2.24) is 0 Å². The van der Waals surface area contributed by atoms with Gasteiger partial charge in [-0.2, -0.15) is 0 Å². The summed E-state index contributed by atoms with van der Waals surface area (Å²) in [6, 6.07) is 9.42. The van der Waals surface area contributed by atoms with E-state index in [2.05, 4.69) is 21.2 Å². The molecule has 0 bridgehead atoms. The molecular formula is C16H14BrNO5. The minimum absolute atomic E-state index is 0.00216. The first-order valence-corrected chi connectivity index (χ1v) is 7.54. The number of Topliss-reactive ketones (excluding diaryl/α,β-unsaturated/α-hetero) is 1. The first-order valence-electron chi connectivity index (χ1n) is 6.75. The number of carbonyl (C=O) groups is 3. The van der Waals surface area contributed by atoms with Crippen molar-refractivity contribution in [1.29, 1.82) is 0 Å². The number of halogens is 1. The molecule has 7 heteroatoms. The molecule has 23 heavy (non-hydrogen) atoms. The standard InChI is InChI=1S/C16H14BrNO5/c1-9(19)11-3-5-12(6-4-11)18-15(20)10(2)22-16(21)13-7-8-14(17)23-13/h3-8,10H,1-2H3,(H,18,20)/t10-/m1/s1. The predicted molar refractivity (Wildman–Crippen MR) is 86.4 cm³/mol. The number of amides is 1. The average molecular weight is 380 g/mol. The lowest BCUT2D eigenvalue weighted by Gasteiger charge is -2.12. The van der Waals surface area contributed by atoms with Crippen LogP contribution in [0.15, 0.2) is 45.5 Å². The van der Waals surface area contributed by atoms with Crippen LogP contribution in [0.2, 0.25) is 0 Å². The second-order valence-corrected chi connectivity index (χ2v) is 5.56. The Kier molecular flexibility index (Phi) is 5.33. The van der Waals surface area contributed by atoms with Gasteiger partial charge in [0.25, 0.3) is 5.91 Å². The van der Waals surface area contributed by atoms with Crippen molar-refractivity contribution in [3.05, 3.63) is 52.4 Å². The molecule has 1 N–H and O–H groups in total. The Bertz CT molecular complexity index is 735. The molecule has 1 aromatic carbocycles. The summed E-state index contributed by atoms with van der Waals surface area (Å²) in [5.74, 6) is -1.28. The highest BCUT2D eigenvalue weighted by atomic mass is 79.9. The van der Waals surface area contributed by atoms with Crippen LogP contribution in [0.25, 0.3) is 0 Å². The summed E-state index contributed by atoms with van der Waals surface area (Å²) < 4.78 is 10.5. The number of anilines is 1. The van der Waals surface area contributed by atoms with E-state index in [0.717, 1.165) is 0 Å². The van der Waals surface area contributed by atoms with E-state index in [1.807, 2.05) is 0 Å². The van der Waals surface area contributed by atoms with Crippen molar-refractivity contribution in [2.24, 2.45) is 0 Å². The molecule has 1 aromatic heterocycles. The monoisotopic (exact) mass is 379 g/mol. The minimum Gasteiger partial charge on any atom is -0.447 e. The third-order valence-electron chi connectivity index (χ3n) is 2.99. The van der Waals surface area contributed by atoms with Gasteiger partial charge in [-0.1, -0.05) is 0 Å². The second-order valence-electron chi connectivity index (χ2n) is 4.77. The van der Waals surface area contributed by atoms with E-state index in [0.29, 0.717) is 15.9 Å². The second kappa shape index (κ2) is 7.23. The van der Waals surface area contributed by atoms with Crippen LogP contribution in [0.1, 0.15) is 34.8 Å². The number of esters is 1. The zero-order valence-corrected chi connectivity index (χ0v) is 14.0. The van der Waals surface area contributed by atoms with Gasteiger partial charge in [0.05, 0.1) is 0 Å². The van der Waals surface area contributed by atoms with Crippen LogP contribution in [-0.4, -0.2) is 23.8 Å². The lowest BCUT2D eigenvalue weighted by molar-refractivity contribution is -0.123. The van der Waals surface area contributed by atoms with Gasteiger partial charge in [0.15, 0.2) is 16.6 Å². The van der Waals surface area contributed by atoms with E-state index < -0.39 is 18.0 Å². The fourth-order valence-corrected chi connectivity index (χ4v) is 2.03. The van der Waals surface area contributed by atoms with Crippen molar-refractivity contribution in [2.75, 3.05) is 5.32 Å². The highest BCUT2D eigenvalue weighted by molar-refractivity contribution is 9.10. The topological polar surface area (TPSA) is 85.6 Å².